The molecule has 0 fully saturated rings. The number of carboxylic acids is 1. The van der Waals surface area contributed by atoms with Gasteiger partial charge in [-0.15, -0.1) is 0 Å². The molecular weight excluding hydrogens is 255 g/mol. The fraction of sp³-hybridized carbons (Fsp3) is 0. The average molecular weight is 264 g/mol. The number of benzene rings is 2. The number of rotatable bonds is 4. The van der Waals surface area contributed by atoms with Crippen molar-refractivity contribution in [2.75, 3.05) is 0 Å². The van der Waals surface area contributed by atoms with Gasteiger partial charge in [0.1, 0.15) is 17.1 Å². The minimum Gasteiger partial charge on any atom is -0.478 e. The van der Waals surface area contributed by atoms with Crippen LogP contribution in [-0.4, -0.2) is 11.1 Å². The van der Waals surface area contributed by atoms with Gasteiger partial charge in [0.25, 0.3) is 0 Å². The first-order chi connectivity index (χ1) is 8.72. The second-order valence-corrected chi connectivity index (χ2v) is 4.02. The number of para-hydroxylation sites is 2. The van der Waals surface area contributed by atoms with Crippen LogP contribution in [0, 0.1) is 0 Å². The summed E-state index contributed by atoms with van der Waals surface area (Å²) in [5.74, 6) is -0.610. The van der Waals surface area contributed by atoms with E-state index in [9.17, 15) is 8.68 Å². The zero-order valence-corrected chi connectivity index (χ0v) is 9.99. The van der Waals surface area contributed by atoms with E-state index in [1.165, 1.54) is 12.1 Å². The summed E-state index contributed by atoms with van der Waals surface area (Å²) in [6.45, 7) is 0. The molecular formula is C13H9FO3S. The first-order valence-corrected chi connectivity index (χ1v) is 5.82. The van der Waals surface area contributed by atoms with E-state index in [-0.39, 0.29) is 23.5 Å². The molecule has 1 N–H and O–H groups in total. The molecule has 0 spiro atoms. The Morgan fingerprint density at radius 2 is 1.67 bits per heavy atom. The van der Waals surface area contributed by atoms with E-state index in [2.05, 4.69) is 0 Å². The number of hydrogen-bond donors (Lipinski definition) is 1. The lowest BCUT2D eigenvalue weighted by Gasteiger charge is -2.10. The Morgan fingerprint density at radius 1 is 1.06 bits per heavy atom. The molecule has 0 saturated carbocycles. The van der Waals surface area contributed by atoms with Gasteiger partial charge in [-0.1, -0.05) is 24.3 Å². The molecule has 2 aromatic carbocycles. The van der Waals surface area contributed by atoms with E-state index in [1.54, 1.807) is 36.4 Å². The summed E-state index contributed by atoms with van der Waals surface area (Å²) in [5, 5.41) is 9.01. The minimum absolute atomic E-state index is 0.0381. The maximum Gasteiger partial charge on any atom is 0.339 e. The predicted octanol–water partition coefficient (Wildman–Crippen LogP) is 4.15. The molecule has 2 aromatic rings. The van der Waals surface area contributed by atoms with E-state index >= 15 is 0 Å². The number of carbonyl (C=O) groups is 1. The van der Waals surface area contributed by atoms with E-state index in [0.717, 1.165) is 0 Å². The first kappa shape index (κ1) is 12.4. The highest BCUT2D eigenvalue weighted by Crippen LogP contribution is 2.34. The molecule has 5 heteroatoms. The van der Waals surface area contributed by atoms with E-state index in [0.29, 0.717) is 10.6 Å². The number of hydrogen-bond acceptors (Lipinski definition) is 3. The monoisotopic (exact) mass is 264 g/mol. The molecule has 0 unspecified atom stereocenters. The Balaban J connectivity index is 2.37. The average Bonchev–Trinajstić information content (AvgIpc) is 2.40. The standard InChI is InChI=1S/C13H9FO3S/c14-18-12-8-4-3-7-11(12)17-10-6-2-1-5-9(10)13(15)16/h1-8H,(H,15,16). The van der Waals surface area contributed by atoms with Crippen LogP contribution in [0.15, 0.2) is 53.4 Å². The summed E-state index contributed by atoms with van der Waals surface area (Å²) in [5.41, 5.74) is 0.0381. The largest absolute Gasteiger partial charge is 0.478 e. The van der Waals surface area contributed by atoms with Gasteiger partial charge in [0.15, 0.2) is 0 Å². The first-order valence-electron chi connectivity index (χ1n) is 5.10. The van der Waals surface area contributed by atoms with Crippen LogP contribution in [0.5, 0.6) is 11.5 Å². The van der Waals surface area contributed by atoms with Crippen LogP contribution in [0.1, 0.15) is 10.4 Å². The van der Waals surface area contributed by atoms with Gasteiger partial charge in [0, 0.05) is 0 Å². The van der Waals surface area contributed by atoms with Gasteiger partial charge in [0.05, 0.1) is 17.0 Å². The van der Waals surface area contributed by atoms with E-state index in [1.807, 2.05) is 0 Å². The minimum atomic E-state index is -1.09. The SMILES string of the molecule is O=C(O)c1ccccc1Oc1ccccc1SF. The summed E-state index contributed by atoms with van der Waals surface area (Å²) in [7, 11) is 0. The topological polar surface area (TPSA) is 46.5 Å². The van der Waals surface area contributed by atoms with Crippen molar-refractivity contribution in [1.82, 2.24) is 0 Å². The zero-order valence-electron chi connectivity index (χ0n) is 9.17. The van der Waals surface area contributed by atoms with Crippen molar-refractivity contribution >= 4 is 18.1 Å². The molecule has 18 heavy (non-hydrogen) atoms. The molecule has 0 amide bonds. The Hall–Kier alpha value is -2.01. The fourth-order valence-corrected chi connectivity index (χ4v) is 1.76. The normalized spacial score (nSPS) is 10.1. The van der Waals surface area contributed by atoms with Crippen LogP contribution in [-0.2, 0) is 0 Å². The third-order valence-corrected chi connectivity index (χ3v) is 2.77. The molecule has 0 heterocycles. The van der Waals surface area contributed by atoms with Gasteiger partial charge in [-0.3, -0.25) is 0 Å². The van der Waals surface area contributed by atoms with Crippen molar-refractivity contribution in [1.29, 1.82) is 0 Å². The highest BCUT2D eigenvalue weighted by atomic mass is 32.2. The number of ether oxygens (including phenoxy) is 1. The highest BCUT2D eigenvalue weighted by molar-refractivity contribution is 7.94. The van der Waals surface area contributed by atoms with Crippen LogP contribution in [0.4, 0.5) is 3.89 Å². The van der Waals surface area contributed by atoms with Crippen molar-refractivity contribution in [3.05, 3.63) is 54.1 Å². The van der Waals surface area contributed by atoms with Gasteiger partial charge < -0.3 is 9.84 Å². The predicted molar refractivity (Wildman–Crippen MR) is 66.9 cm³/mol. The van der Waals surface area contributed by atoms with Crippen molar-refractivity contribution < 1.29 is 18.5 Å². The van der Waals surface area contributed by atoms with E-state index < -0.39 is 5.97 Å². The second kappa shape index (κ2) is 5.55. The smallest absolute Gasteiger partial charge is 0.339 e. The van der Waals surface area contributed by atoms with Crippen LogP contribution >= 0.6 is 12.1 Å². The van der Waals surface area contributed by atoms with Crippen molar-refractivity contribution in [3.8, 4) is 11.5 Å². The molecule has 92 valence electrons. The van der Waals surface area contributed by atoms with Gasteiger partial charge in [-0.25, -0.2) is 4.79 Å². The lowest BCUT2D eigenvalue weighted by molar-refractivity contribution is 0.0694. The van der Waals surface area contributed by atoms with Crippen LogP contribution < -0.4 is 4.74 Å². The Morgan fingerprint density at radius 3 is 2.33 bits per heavy atom. The van der Waals surface area contributed by atoms with Crippen LogP contribution in [0.2, 0.25) is 0 Å². The molecule has 0 aliphatic rings. The third-order valence-electron chi connectivity index (χ3n) is 2.27. The molecule has 0 bridgehead atoms. The maximum absolute atomic E-state index is 12.7. The zero-order chi connectivity index (χ0) is 13.0. The maximum atomic E-state index is 12.7. The Bertz CT molecular complexity index is 572. The van der Waals surface area contributed by atoms with Crippen LogP contribution in [0.3, 0.4) is 0 Å². The van der Waals surface area contributed by atoms with Crippen molar-refractivity contribution in [2.45, 2.75) is 4.90 Å². The second-order valence-electron chi connectivity index (χ2n) is 3.43. The van der Waals surface area contributed by atoms with Gasteiger partial charge in [-0.2, -0.15) is 3.89 Å². The van der Waals surface area contributed by atoms with Crippen molar-refractivity contribution in [2.24, 2.45) is 0 Å². The summed E-state index contributed by atoms with van der Waals surface area (Å²) >= 11 is 0.0565. The Labute approximate surface area is 108 Å². The summed E-state index contributed by atoms with van der Waals surface area (Å²) in [6.07, 6.45) is 0. The van der Waals surface area contributed by atoms with Gasteiger partial charge in [-0.05, 0) is 24.3 Å². The highest BCUT2D eigenvalue weighted by Gasteiger charge is 2.12. The summed E-state index contributed by atoms with van der Waals surface area (Å²) in [4.78, 5) is 11.3. The molecule has 0 aromatic heterocycles. The lowest BCUT2D eigenvalue weighted by atomic mass is 10.2. The van der Waals surface area contributed by atoms with Crippen molar-refractivity contribution in [3.63, 3.8) is 0 Å². The molecule has 3 nitrogen and oxygen atoms in total. The molecule has 0 aliphatic heterocycles. The molecule has 0 aliphatic carbocycles. The summed E-state index contributed by atoms with van der Waals surface area (Å²) < 4.78 is 18.1. The number of carboxylic acid groups (broad SMARTS) is 1. The summed E-state index contributed by atoms with van der Waals surface area (Å²) in [6, 6.07) is 12.7. The van der Waals surface area contributed by atoms with Gasteiger partial charge >= 0.3 is 5.97 Å². The third kappa shape index (κ3) is 2.62. The van der Waals surface area contributed by atoms with E-state index in [4.69, 9.17) is 9.84 Å². The fourth-order valence-electron chi connectivity index (χ4n) is 1.45. The van der Waals surface area contributed by atoms with Gasteiger partial charge in [0.2, 0.25) is 0 Å². The number of aromatic carboxylic acids is 1. The molecule has 0 atom stereocenters. The number of halogens is 1. The molecule has 0 saturated heterocycles. The quantitative estimate of drug-likeness (QED) is 0.900. The Kier molecular flexibility index (Phi) is 3.84. The lowest BCUT2D eigenvalue weighted by Crippen LogP contribution is -1.99. The molecule has 2 rings (SSSR count). The van der Waals surface area contributed by atoms with Crippen LogP contribution in [0.25, 0.3) is 0 Å². The molecule has 0 radical (unpaired) electrons.